The van der Waals surface area contributed by atoms with Crippen molar-refractivity contribution in [3.05, 3.63) is 59.3 Å². The number of hydrogen-bond donors (Lipinski definition) is 0. The van der Waals surface area contributed by atoms with Crippen molar-refractivity contribution in [1.82, 2.24) is 4.58 Å². The summed E-state index contributed by atoms with van der Waals surface area (Å²) in [4.78, 5) is 3.82. The van der Waals surface area contributed by atoms with Crippen LogP contribution in [0.25, 0.3) is 32.7 Å². The number of thiophene rings is 1. The molecule has 3 aliphatic heterocycles. The summed E-state index contributed by atoms with van der Waals surface area (Å²) in [5.41, 5.74) is 4.80. The highest BCUT2D eigenvalue weighted by atomic mass is 35.5. The Hall–Kier alpha value is -2.30. The minimum atomic E-state index is 0. The van der Waals surface area contributed by atoms with Crippen LogP contribution in [-0.4, -0.2) is 26.2 Å². The highest BCUT2D eigenvalue weighted by molar-refractivity contribution is 7.13. The zero-order valence-electron chi connectivity index (χ0n) is 18.4. The van der Waals surface area contributed by atoms with Crippen LogP contribution in [0.2, 0.25) is 0 Å². The quantitative estimate of drug-likeness (QED) is 0.335. The van der Waals surface area contributed by atoms with Gasteiger partial charge in [0.2, 0.25) is 5.36 Å². The Bertz CT molecular complexity index is 1250. The van der Waals surface area contributed by atoms with Crippen LogP contribution in [0.5, 0.6) is 0 Å². The van der Waals surface area contributed by atoms with Crippen LogP contribution >= 0.6 is 11.3 Å². The second kappa shape index (κ2) is 9.29. The fourth-order valence-electron chi connectivity index (χ4n) is 5.25. The number of benzene rings is 2. The lowest BCUT2D eigenvalue weighted by molar-refractivity contribution is -0.00000649. The van der Waals surface area contributed by atoms with Crippen molar-refractivity contribution in [3.63, 3.8) is 0 Å². The van der Waals surface area contributed by atoms with E-state index < -0.39 is 0 Å². The molecule has 0 radical (unpaired) electrons. The minimum Gasteiger partial charge on any atom is -1.00 e. The molecule has 2 saturated heterocycles. The molecule has 5 heteroatoms. The molecule has 0 unspecified atom stereocenters. The molecule has 3 nitrogen and oxygen atoms in total. The summed E-state index contributed by atoms with van der Waals surface area (Å²) in [7, 11) is 0. The van der Waals surface area contributed by atoms with Gasteiger partial charge >= 0.3 is 0 Å². The minimum absolute atomic E-state index is 0. The highest BCUT2D eigenvalue weighted by Gasteiger charge is 2.21. The number of anilines is 1. The average Bonchev–Trinajstić information content (AvgIpc) is 3.37. The molecule has 0 bridgehead atoms. The Morgan fingerprint density at radius 2 is 1.66 bits per heavy atom. The van der Waals surface area contributed by atoms with E-state index in [0.29, 0.717) is 0 Å². The van der Waals surface area contributed by atoms with Gasteiger partial charge in [-0.2, -0.15) is 0 Å². The zero-order chi connectivity index (χ0) is 20.6. The molecule has 4 aliphatic rings. The Balaban J connectivity index is 0.00000216. The average molecular weight is 465 g/mol. The maximum atomic E-state index is 6.60. The molecule has 32 heavy (non-hydrogen) atoms. The van der Waals surface area contributed by atoms with Gasteiger partial charge in [0.25, 0.3) is 0 Å². The lowest BCUT2D eigenvalue weighted by atomic mass is 9.97. The molecule has 1 aromatic carbocycles. The van der Waals surface area contributed by atoms with Crippen LogP contribution in [-0.2, 0) is 0 Å². The molecule has 0 amide bonds. The third-order valence-electron chi connectivity index (χ3n) is 6.90. The summed E-state index contributed by atoms with van der Waals surface area (Å²) < 4.78 is 9.11. The number of hydrogen-bond acceptors (Lipinski definition) is 3. The molecule has 0 N–H and O–H groups in total. The topological polar surface area (TPSA) is 19.4 Å². The van der Waals surface area contributed by atoms with E-state index in [-0.39, 0.29) is 12.4 Å². The maximum Gasteiger partial charge on any atom is 0.203 e. The Morgan fingerprint density at radius 3 is 2.44 bits per heavy atom. The zero-order valence-corrected chi connectivity index (χ0v) is 19.9. The van der Waals surface area contributed by atoms with Gasteiger partial charge in [0.05, 0.1) is 6.07 Å². The van der Waals surface area contributed by atoms with E-state index >= 15 is 0 Å². The summed E-state index contributed by atoms with van der Waals surface area (Å²) in [6.07, 6.45) is 7.83. The molecular formula is C27H29ClN2OS. The molecular weight excluding hydrogens is 436 g/mol. The second-order valence-electron chi connectivity index (χ2n) is 8.91. The van der Waals surface area contributed by atoms with E-state index in [9.17, 15) is 0 Å². The molecule has 0 spiro atoms. The number of rotatable bonds is 2. The second-order valence-corrected chi connectivity index (χ2v) is 9.86. The fraction of sp³-hybridized carbons (Fsp3) is 0.370. The highest BCUT2D eigenvalue weighted by Crippen LogP contribution is 2.42. The first-order chi connectivity index (χ1) is 15.4. The third-order valence-corrected chi connectivity index (χ3v) is 7.79. The lowest BCUT2D eigenvalue weighted by Crippen LogP contribution is -3.00. The normalized spacial score (nSPS) is 17.0. The van der Waals surface area contributed by atoms with Gasteiger partial charge in [-0.15, -0.1) is 11.3 Å². The first-order valence-electron chi connectivity index (χ1n) is 11.7. The van der Waals surface area contributed by atoms with Gasteiger partial charge in [0.15, 0.2) is 0 Å². The summed E-state index contributed by atoms with van der Waals surface area (Å²) in [5.74, 6) is 0.995. The van der Waals surface area contributed by atoms with Crippen LogP contribution in [0.3, 0.4) is 0 Å². The summed E-state index contributed by atoms with van der Waals surface area (Å²) in [6.45, 7) is 4.60. The predicted octanol–water partition coefficient (Wildman–Crippen LogP) is 3.22. The monoisotopic (exact) mass is 464 g/mol. The van der Waals surface area contributed by atoms with E-state index in [1.165, 1.54) is 71.0 Å². The largest absolute Gasteiger partial charge is 1.00 e. The molecule has 6 rings (SSSR count). The number of halogens is 1. The molecule has 166 valence electrons. The van der Waals surface area contributed by atoms with E-state index in [1.807, 2.05) is 11.3 Å². The molecule has 1 aromatic heterocycles. The maximum absolute atomic E-state index is 6.60. The van der Waals surface area contributed by atoms with E-state index in [1.54, 1.807) is 0 Å². The van der Waals surface area contributed by atoms with Crippen molar-refractivity contribution in [3.8, 4) is 21.8 Å². The van der Waals surface area contributed by atoms with Crippen LogP contribution in [0.15, 0.2) is 58.3 Å². The molecule has 2 aromatic rings. The Kier molecular flexibility index (Phi) is 6.25. The molecule has 0 atom stereocenters. The van der Waals surface area contributed by atoms with Gasteiger partial charge in [-0.25, -0.2) is 4.58 Å². The van der Waals surface area contributed by atoms with Crippen molar-refractivity contribution in [2.24, 2.45) is 0 Å². The summed E-state index contributed by atoms with van der Waals surface area (Å²) in [5, 5.41) is 4.67. The van der Waals surface area contributed by atoms with Gasteiger partial charge in [-0.05, 0) is 55.3 Å². The van der Waals surface area contributed by atoms with Crippen molar-refractivity contribution in [2.45, 2.75) is 38.5 Å². The van der Waals surface area contributed by atoms with E-state index in [4.69, 9.17) is 4.42 Å². The van der Waals surface area contributed by atoms with Crippen LogP contribution in [0, 0.1) is 0 Å². The van der Waals surface area contributed by atoms with Gasteiger partial charge in [-0.1, -0.05) is 6.07 Å². The first kappa shape index (κ1) is 21.5. The Morgan fingerprint density at radius 1 is 0.844 bits per heavy atom. The van der Waals surface area contributed by atoms with Crippen LogP contribution in [0.4, 0.5) is 5.69 Å². The van der Waals surface area contributed by atoms with Gasteiger partial charge in [0, 0.05) is 65.1 Å². The summed E-state index contributed by atoms with van der Waals surface area (Å²) in [6, 6.07) is 18.0. The summed E-state index contributed by atoms with van der Waals surface area (Å²) >= 11 is 1.81. The predicted molar refractivity (Wildman–Crippen MR) is 131 cm³/mol. The van der Waals surface area contributed by atoms with Crippen molar-refractivity contribution in [2.75, 3.05) is 31.1 Å². The number of nitrogens with zero attached hydrogens (tertiary/aromatic N) is 2. The van der Waals surface area contributed by atoms with Gasteiger partial charge in [0.1, 0.15) is 24.4 Å². The smallest absolute Gasteiger partial charge is 0.203 e. The number of fused-ring (bicyclic) bond motifs is 2. The van der Waals surface area contributed by atoms with Crippen molar-refractivity contribution >= 4 is 28.0 Å². The molecule has 1 aliphatic carbocycles. The molecule has 2 fully saturated rings. The van der Waals surface area contributed by atoms with Gasteiger partial charge in [-0.3, -0.25) is 0 Å². The SMILES string of the molecule is [Cl-].c1csc(-c2c3ccc(=[N+]4CCCCC4)cc-3oc3cc(N4CCCCC4)ccc23)c1. The number of piperidine rings is 2. The van der Waals surface area contributed by atoms with E-state index in [0.717, 1.165) is 37.5 Å². The Labute approximate surface area is 199 Å². The third kappa shape index (κ3) is 3.95. The van der Waals surface area contributed by atoms with Gasteiger partial charge < -0.3 is 21.7 Å². The fourth-order valence-corrected chi connectivity index (χ4v) is 6.05. The lowest BCUT2D eigenvalue weighted by Gasteiger charge is -2.29. The van der Waals surface area contributed by atoms with Crippen LogP contribution in [0.1, 0.15) is 38.5 Å². The van der Waals surface area contributed by atoms with Crippen LogP contribution < -0.4 is 27.2 Å². The first-order valence-corrected chi connectivity index (χ1v) is 12.6. The van der Waals surface area contributed by atoms with E-state index in [2.05, 4.69) is 63.4 Å². The van der Waals surface area contributed by atoms with Crippen molar-refractivity contribution in [1.29, 1.82) is 0 Å². The molecule has 4 heterocycles. The van der Waals surface area contributed by atoms with Crippen molar-refractivity contribution < 1.29 is 16.8 Å². The standard InChI is InChI=1S/C27H29N2OS.ClH/c1-3-13-28(14-4-1)20-9-11-22-24(18-20)30-25-19-21(29-15-5-2-6-16-29)10-12-23(25)27(22)26-8-7-17-31-26;/h7-12,17-19H,1-6,13-16H2;1H/q+1;/p-1. The molecule has 0 saturated carbocycles.